The van der Waals surface area contributed by atoms with E-state index in [9.17, 15) is 30.6 Å². The number of aliphatic hydroxyl groups excluding tert-OH is 6. The van der Waals surface area contributed by atoms with Crippen molar-refractivity contribution in [1.82, 2.24) is 0 Å². The molecule has 0 radical (unpaired) electrons. The zero-order chi connectivity index (χ0) is 23.5. The summed E-state index contributed by atoms with van der Waals surface area (Å²) in [5, 5.41) is 59.3. The van der Waals surface area contributed by atoms with Gasteiger partial charge >= 0.3 is 0 Å². The van der Waals surface area contributed by atoms with Crippen molar-refractivity contribution >= 4 is 0 Å². The van der Waals surface area contributed by atoms with Gasteiger partial charge in [-0.3, -0.25) is 0 Å². The van der Waals surface area contributed by atoms with Gasteiger partial charge in [-0.05, 0) is 6.42 Å². The summed E-state index contributed by atoms with van der Waals surface area (Å²) >= 11 is 0. The van der Waals surface area contributed by atoms with Crippen molar-refractivity contribution in [2.45, 2.75) is 113 Å². The van der Waals surface area contributed by atoms with E-state index in [4.69, 9.17) is 18.9 Å². The van der Waals surface area contributed by atoms with Gasteiger partial charge < -0.3 is 49.6 Å². The highest BCUT2D eigenvalue weighted by Gasteiger charge is 2.46. The molecule has 2 saturated heterocycles. The van der Waals surface area contributed by atoms with Crippen LogP contribution in [0.4, 0.5) is 0 Å². The van der Waals surface area contributed by atoms with Gasteiger partial charge in [0.25, 0.3) is 0 Å². The summed E-state index contributed by atoms with van der Waals surface area (Å²) in [4.78, 5) is 0. The minimum absolute atomic E-state index is 0.144. The second-order valence-electron chi connectivity index (χ2n) is 8.77. The predicted octanol–water partition coefficient (Wildman–Crippen LogP) is -0.551. The van der Waals surface area contributed by atoms with Gasteiger partial charge in [0.05, 0.1) is 19.8 Å². The highest BCUT2D eigenvalue weighted by Crippen LogP contribution is 2.26. The van der Waals surface area contributed by atoms with E-state index in [1.54, 1.807) is 0 Å². The van der Waals surface area contributed by atoms with Crippen molar-refractivity contribution < 1.29 is 49.6 Å². The molecule has 0 spiro atoms. The lowest BCUT2D eigenvalue weighted by atomic mass is 9.99. The van der Waals surface area contributed by atoms with Gasteiger partial charge in [-0.25, -0.2) is 0 Å². The Morgan fingerprint density at radius 1 is 0.625 bits per heavy atom. The fraction of sp³-hybridized carbons (Fsp3) is 1.00. The van der Waals surface area contributed by atoms with E-state index in [1.165, 1.54) is 38.5 Å². The fourth-order valence-electron chi connectivity index (χ4n) is 4.03. The number of unbranched alkanes of at least 4 members (excludes halogenated alkanes) is 7. The molecule has 0 unspecified atom stereocenters. The van der Waals surface area contributed by atoms with Gasteiger partial charge in [-0.15, -0.1) is 0 Å². The minimum atomic E-state index is -1.55. The summed E-state index contributed by atoms with van der Waals surface area (Å²) in [5.74, 6) is 0. The van der Waals surface area contributed by atoms with Crippen molar-refractivity contribution in [2.24, 2.45) is 0 Å². The molecule has 2 fully saturated rings. The average molecular weight is 467 g/mol. The molecule has 9 atom stereocenters. The van der Waals surface area contributed by atoms with Crippen LogP contribution in [0.25, 0.3) is 0 Å². The van der Waals surface area contributed by atoms with Crippen molar-refractivity contribution in [3.8, 4) is 0 Å². The summed E-state index contributed by atoms with van der Waals surface area (Å²) in [6.45, 7) is 2.12. The maximum absolute atomic E-state index is 10.2. The first-order valence-corrected chi connectivity index (χ1v) is 11.9. The largest absolute Gasteiger partial charge is 0.394 e. The third-order valence-electron chi connectivity index (χ3n) is 6.16. The molecule has 2 aliphatic heterocycles. The first-order valence-electron chi connectivity index (χ1n) is 11.9. The molecule has 2 heterocycles. The Kier molecular flexibility index (Phi) is 12.9. The van der Waals surface area contributed by atoms with Gasteiger partial charge in [0, 0.05) is 6.61 Å². The Morgan fingerprint density at radius 3 is 1.81 bits per heavy atom. The standard InChI is InChI=1S/C22H42O10/c1-2-3-4-5-6-7-8-9-10-29-12-15-18(25)19(26)16(31-15)13-30-22-21(28)20(27)17(24)14(11-23)32-22/h14-28H,2-13H2,1H3/t14-,15-,16-,17-,18-,19-,20+,21-,22+/m1/s1. The minimum Gasteiger partial charge on any atom is -0.394 e. The number of rotatable bonds is 15. The van der Waals surface area contributed by atoms with Crippen molar-refractivity contribution in [2.75, 3.05) is 26.4 Å². The molecule has 0 amide bonds. The van der Waals surface area contributed by atoms with E-state index >= 15 is 0 Å². The summed E-state index contributed by atoms with van der Waals surface area (Å²) in [6, 6.07) is 0. The molecule has 0 saturated carbocycles. The van der Waals surface area contributed by atoms with Gasteiger partial charge in [-0.2, -0.15) is 0 Å². The predicted molar refractivity (Wildman–Crippen MR) is 114 cm³/mol. The topological polar surface area (TPSA) is 158 Å². The SMILES string of the molecule is CCCCCCCCCCOC[C@H]1O[C@H](CO[C@H]2O[C@H](CO)[C@@H](O)[C@H](O)[C@H]2O)[C@@H](O)[C@@H]1O. The van der Waals surface area contributed by atoms with Crippen LogP contribution in [0.2, 0.25) is 0 Å². The lowest BCUT2D eigenvalue weighted by Gasteiger charge is -2.39. The highest BCUT2D eigenvalue weighted by atomic mass is 16.7. The lowest BCUT2D eigenvalue weighted by molar-refractivity contribution is -0.306. The normalized spacial score (nSPS) is 37.8. The van der Waals surface area contributed by atoms with Gasteiger partial charge in [0.15, 0.2) is 6.29 Å². The molecule has 10 heteroatoms. The summed E-state index contributed by atoms with van der Waals surface area (Å²) in [7, 11) is 0. The van der Waals surface area contributed by atoms with E-state index in [2.05, 4.69) is 6.92 Å². The Hall–Kier alpha value is -0.400. The van der Waals surface area contributed by atoms with E-state index in [0.29, 0.717) is 6.61 Å². The van der Waals surface area contributed by atoms with Crippen LogP contribution in [0.1, 0.15) is 58.3 Å². The molecule has 190 valence electrons. The number of ether oxygens (including phenoxy) is 4. The van der Waals surface area contributed by atoms with E-state index in [0.717, 1.165) is 12.8 Å². The summed E-state index contributed by atoms with van der Waals surface area (Å²) in [6.07, 6.45) is -1.34. The molecular formula is C22H42O10. The van der Waals surface area contributed by atoms with Crippen molar-refractivity contribution in [3.63, 3.8) is 0 Å². The number of aliphatic hydroxyl groups is 6. The first-order chi connectivity index (χ1) is 15.4. The quantitative estimate of drug-likeness (QED) is 0.173. The van der Waals surface area contributed by atoms with Gasteiger partial charge in [0.2, 0.25) is 0 Å². The second kappa shape index (κ2) is 14.8. The molecule has 10 nitrogen and oxygen atoms in total. The van der Waals surface area contributed by atoms with E-state index in [1.807, 2.05) is 0 Å². The Morgan fingerprint density at radius 2 is 1.19 bits per heavy atom. The molecule has 0 aliphatic carbocycles. The maximum atomic E-state index is 10.2. The summed E-state index contributed by atoms with van der Waals surface area (Å²) in [5.41, 5.74) is 0. The smallest absolute Gasteiger partial charge is 0.186 e. The molecule has 6 N–H and O–H groups in total. The molecule has 0 aromatic carbocycles. The number of hydrogen-bond acceptors (Lipinski definition) is 10. The fourth-order valence-corrected chi connectivity index (χ4v) is 4.03. The Balaban J connectivity index is 1.63. The zero-order valence-electron chi connectivity index (χ0n) is 19.0. The molecule has 32 heavy (non-hydrogen) atoms. The molecule has 2 rings (SSSR count). The van der Waals surface area contributed by atoms with Crippen LogP contribution in [0.15, 0.2) is 0 Å². The lowest BCUT2D eigenvalue weighted by Crippen LogP contribution is -2.59. The molecule has 0 aromatic rings. The third-order valence-corrected chi connectivity index (χ3v) is 6.16. The first kappa shape index (κ1) is 27.8. The van der Waals surface area contributed by atoms with Crippen LogP contribution in [-0.2, 0) is 18.9 Å². The van der Waals surface area contributed by atoms with Crippen LogP contribution >= 0.6 is 0 Å². The van der Waals surface area contributed by atoms with Crippen LogP contribution in [0.5, 0.6) is 0 Å². The van der Waals surface area contributed by atoms with Crippen molar-refractivity contribution in [1.29, 1.82) is 0 Å². The Labute approximate surface area is 190 Å². The van der Waals surface area contributed by atoms with Crippen LogP contribution in [0, 0.1) is 0 Å². The van der Waals surface area contributed by atoms with Gasteiger partial charge in [0.1, 0.15) is 48.8 Å². The highest BCUT2D eigenvalue weighted by molar-refractivity contribution is 4.92. The van der Waals surface area contributed by atoms with Crippen LogP contribution in [0.3, 0.4) is 0 Å². The Bertz CT molecular complexity index is 493. The molecular weight excluding hydrogens is 424 g/mol. The average Bonchev–Trinajstić information content (AvgIpc) is 3.06. The van der Waals surface area contributed by atoms with E-state index in [-0.39, 0.29) is 13.2 Å². The van der Waals surface area contributed by atoms with Crippen molar-refractivity contribution in [3.05, 3.63) is 0 Å². The molecule has 2 aliphatic rings. The van der Waals surface area contributed by atoms with Crippen LogP contribution in [-0.4, -0.2) is 112 Å². The monoisotopic (exact) mass is 466 g/mol. The van der Waals surface area contributed by atoms with E-state index < -0.39 is 61.7 Å². The zero-order valence-corrected chi connectivity index (χ0v) is 19.0. The molecule has 0 bridgehead atoms. The maximum Gasteiger partial charge on any atom is 0.186 e. The second-order valence-corrected chi connectivity index (χ2v) is 8.77. The number of hydrogen-bond donors (Lipinski definition) is 6. The molecule has 0 aromatic heterocycles. The van der Waals surface area contributed by atoms with Crippen LogP contribution < -0.4 is 0 Å². The van der Waals surface area contributed by atoms with Gasteiger partial charge in [-0.1, -0.05) is 51.9 Å². The summed E-state index contributed by atoms with van der Waals surface area (Å²) < 4.78 is 21.9. The third kappa shape index (κ3) is 8.12.